The van der Waals surface area contributed by atoms with Crippen LogP contribution in [0.1, 0.15) is 30.9 Å². The molecule has 4 N–H and O–H groups in total. The van der Waals surface area contributed by atoms with Gasteiger partial charge >= 0.3 is 0 Å². The summed E-state index contributed by atoms with van der Waals surface area (Å²) in [6.07, 6.45) is 0. The van der Waals surface area contributed by atoms with E-state index in [1.165, 1.54) is 12.7 Å². The third-order valence-corrected chi connectivity index (χ3v) is 3.55. The van der Waals surface area contributed by atoms with E-state index in [0.717, 1.165) is 5.69 Å². The first-order valence-corrected chi connectivity index (χ1v) is 7.53. The van der Waals surface area contributed by atoms with E-state index in [9.17, 15) is 5.11 Å². The number of halogens is 1. The Morgan fingerprint density at radius 3 is 2.62 bits per heavy atom. The predicted octanol–water partition coefficient (Wildman–Crippen LogP) is 4.07. The number of phenols is 1. The average molecular weight is 441 g/mol. The number of aliphatic imine (C=N–C) groups is 1. The van der Waals surface area contributed by atoms with Gasteiger partial charge in [-0.2, -0.15) is 0 Å². The molecule has 0 radical (unpaired) electrons. The Hall–Kier alpha value is -1.96. The summed E-state index contributed by atoms with van der Waals surface area (Å²) < 4.78 is 5.08. The molecule has 0 amide bonds. The number of nitrogens with zero attached hydrogens (tertiary/aromatic N) is 1. The van der Waals surface area contributed by atoms with Crippen molar-refractivity contribution in [2.75, 3.05) is 12.4 Å². The molecule has 130 valence electrons. The number of phenolic OH excluding ortho intramolecular Hbond substituents is 1. The largest absolute Gasteiger partial charge is 0.504 e. The highest BCUT2D eigenvalue weighted by Gasteiger charge is 2.07. The molecule has 0 aliphatic heterocycles. The van der Waals surface area contributed by atoms with Gasteiger partial charge in [0.05, 0.1) is 13.7 Å². The molecule has 0 heterocycles. The number of anilines is 1. The Bertz CT molecular complexity index is 702. The van der Waals surface area contributed by atoms with E-state index in [1.54, 1.807) is 18.2 Å². The van der Waals surface area contributed by atoms with Crippen molar-refractivity contribution < 1.29 is 9.84 Å². The van der Waals surface area contributed by atoms with Crippen molar-refractivity contribution in [2.24, 2.45) is 10.7 Å². The number of methoxy groups -OCH3 is 1. The number of hydrogen-bond donors (Lipinski definition) is 3. The fourth-order valence-corrected chi connectivity index (χ4v) is 2.19. The van der Waals surface area contributed by atoms with Crippen molar-refractivity contribution in [1.82, 2.24) is 0 Å². The molecule has 2 aromatic carbocycles. The second-order valence-electron chi connectivity index (χ2n) is 5.57. The van der Waals surface area contributed by atoms with Crippen molar-refractivity contribution in [2.45, 2.75) is 26.3 Å². The quantitative estimate of drug-likeness (QED) is 0.371. The van der Waals surface area contributed by atoms with Gasteiger partial charge in [0.15, 0.2) is 17.5 Å². The number of nitrogens with one attached hydrogen (secondary N) is 1. The Labute approximate surface area is 160 Å². The average Bonchev–Trinajstić information content (AvgIpc) is 2.54. The van der Waals surface area contributed by atoms with Crippen molar-refractivity contribution in [3.05, 3.63) is 53.6 Å². The molecule has 0 fully saturated rings. The molecular weight excluding hydrogens is 417 g/mol. The highest BCUT2D eigenvalue weighted by Crippen LogP contribution is 2.29. The molecule has 0 saturated carbocycles. The fourth-order valence-electron chi connectivity index (χ4n) is 2.19. The van der Waals surface area contributed by atoms with Crippen LogP contribution in [0.5, 0.6) is 11.5 Å². The Morgan fingerprint density at radius 2 is 1.96 bits per heavy atom. The van der Waals surface area contributed by atoms with Gasteiger partial charge in [-0.15, -0.1) is 24.0 Å². The van der Waals surface area contributed by atoms with Gasteiger partial charge in [-0.25, -0.2) is 4.99 Å². The minimum absolute atomic E-state index is 0. The van der Waals surface area contributed by atoms with E-state index < -0.39 is 0 Å². The highest BCUT2D eigenvalue weighted by molar-refractivity contribution is 14.0. The molecule has 0 aromatic heterocycles. The van der Waals surface area contributed by atoms with Crippen LogP contribution in [0.3, 0.4) is 0 Å². The van der Waals surface area contributed by atoms with Gasteiger partial charge in [0.25, 0.3) is 0 Å². The summed E-state index contributed by atoms with van der Waals surface area (Å²) in [6, 6.07) is 13.3. The Balaban J connectivity index is 0.00000288. The number of rotatable bonds is 5. The second-order valence-corrected chi connectivity index (χ2v) is 5.57. The molecule has 0 saturated heterocycles. The number of hydrogen-bond acceptors (Lipinski definition) is 3. The summed E-state index contributed by atoms with van der Waals surface area (Å²) in [5.41, 5.74) is 8.71. The van der Waals surface area contributed by atoms with Gasteiger partial charge in [-0.3, -0.25) is 0 Å². The van der Waals surface area contributed by atoms with Crippen LogP contribution in [0.2, 0.25) is 0 Å². The minimum Gasteiger partial charge on any atom is -0.504 e. The highest BCUT2D eigenvalue weighted by atomic mass is 127. The zero-order valence-corrected chi connectivity index (χ0v) is 16.4. The molecule has 2 aromatic rings. The summed E-state index contributed by atoms with van der Waals surface area (Å²) in [7, 11) is 1.51. The number of guanidine groups is 1. The third-order valence-electron chi connectivity index (χ3n) is 3.55. The molecule has 0 unspecified atom stereocenters. The van der Waals surface area contributed by atoms with Crippen molar-refractivity contribution in [3.63, 3.8) is 0 Å². The van der Waals surface area contributed by atoms with Crippen LogP contribution in [0.4, 0.5) is 5.69 Å². The van der Waals surface area contributed by atoms with Gasteiger partial charge in [-0.05, 0) is 29.7 Å². The molecule has 2 rings (SSSR count). The minimum atomic E-state index is 0. The molecule has 0 atom stereocenters. The summed E-state index contributed by atoms with van der Waals surface area (Å²) >= 11 is 0. The maximum Gasteiger partial charge on any atom is 0.193 e. The fraction of sp³-hybridized carbons (Fsp3) is 0.278. The summed E-state index contributed by atoms with van der Waals surface area (Å²) in [5, 5.41) is 13.1. The number of para-hydroxylation sites is 1. The lowest BCUT2D eigenvalue weighted by Crippen LogP contribution is -2.22. The van der Waals surface area contributed by atoms with Crippen LogP contribution in [0, 0.1) is 0 Å². The zero-order valence-electron chi connectivity index (χ0n) is 14.1. The lowest BCUT2D eigenvalue weighted by Gasteiger charge is -2.10. The maximum atomic E-state index is 10.0. The molecule has 24 heavy (non-hydrogen) atoms. The molecule has 6 heteroatoms. The van der Waals surface area contributed by atoms with E-state index in [1.807, 2.05) is 12.1 Å². The lowest BCUT2D eigenvalue weighted by atomic mass is 10.0. The van der Waals surface area contributed by atoms with Crippen LogP contribution >= 0.6 is 24.0 Å². The van der Waals surface area contributed by atoms with E-state index >= 15 is 0 Å². The van der Waals surface area contributed by atoms with Crippen molar-refractivity contribution >= 4 is 35.6 Å². The van der Waals surface area contributed by atoms with E-state index in [4.69, 9.17) is 10.5 Å². The molecule has 0 bridgehead atoms. The van der Waals surface area contributed by atoms with Gasteiger partial charge in [0.2, 0.25) is 0 Å². The van der Waals surface area contributed by atoms with Crippen molar-refractivity contribution in [3.8, 4) is 11.5 Å². The monoisotopic (exact) mass is 441 g/mol. The van der Waals surface area contributed by atoms with Gasteiger partial charge < -0.3 is 20.9 Å². The second kappa shape index (κ2) is 9.36. The van der Waals surface area contributed by atoms with Gasteiger partial charge in [0.1, 0.15) is 0 Å². The molecule has 5 nitrogen and oxygen atoms in total. The summed E-state index contributed by atoms with van der Waals surface area (Å²) in [5.74, 6) is 1.26. The number of aromatic hydroxyl groups is 1. The first kappa shape index (κ1) is 20.1. The van der Waals surface area contributed by atoms with E-state index in [0.29, 0.717) is 23.2 Å². The first-order chi connectivity index (χ1) is 11.0. The number of ether oxygens (including phenoxy) is 1. The normalized spacial score (nSPS) is 11.1. The zero-order chi connectivity index (χ0) is 16.8. The van der Waals surface area contributed by atoms with E-state index in [-0.39, 0.29) is 36.3 Å². The maximum absolute atomic E-state index is 10.0. The van der Waals surface area contributed by atoms with Crippen LogP contribution in [-0.4, -0.2) is 18.2 Å². The smallest absolute Gasteiger partial charge is 0.193 e. The lowest BCUT2D eigenvalue weighted by molar-refractivity contribution is 0.370. The van der Waals surface area contributed by atoms with Crippen LogP contribution in [-0.2, 0) is 6.54 Å². The molecule has 0 aliphatic carbocycles. The van der Waals surface area contributed by atoms with Gasteiger partial charge in [0, 0.05) is 11.3 Å². The van der Waals surface area contributed by atoms with E-state index in [2.05, 4.69) is 36.3 Å². The SMILES string of the molecule is COc1cccc(CN=C(N)Nc2cccc(C(C)C)c2)c1O.I. The topological polar surface area (TPSA) is 79.9 Å². The molecular formula is C18H24IN3O2. The van der Waals surface area contributed by atoms with Crippen LogP contribution < -0.4 is 15.8 Å². The third kappa shape index (κ3) is 5.30. The van der Waals surface area contributed by atoms with Crippen molar-refractivity contribution in [1.29, 1.82) is 0 Å². The van der Waals surface area contributed by atoms with Gasteiger partial charge in [-0.1, -0.05) is 38.1 Å². The van der Waals surface area contributed by atoms with Crippen LogP contribution in [0.15, 0.2) is 47.5 Å². The first-order valence-electron chi connectivity index (χ1n) is 7.53. The Morgan fingerprint density at radius 1 is 1.25 bits per heavy atom. The standard InChI is InChI=1S/C18H23N3O2.HI/c1-12(2)13-6-4-8-15(10-13)21-18(19)20-11-14-7-5-9-16(23-3)17(14)22;/h4-10,12,22H,11H2,1-3H3,(H3,19,20,21);1H. The Kier molecular flexibility index (Phi) is 7.84. The number of benzene rings is 2. The molecule has 0 aliphatic rings. The predicted molar refractivity (Wildman–Crippen MR) is 110 cm³/mol. The number of nitrogens with two attached hydrogens (primary N) is 1. The summed E-state index contributed by atoms with van der Waals surface area (Å²) in [6.45, 7) is 4.55. The van der Waals surface area contributed by atoms with Crippen LogP contribution in [0.25, 0.3) is 0 Å². The summed E-state index contributed by atoms with van der Waals surface area (Å²) in [4.78, 5) is 4.27. The molecule has 0 spiro atoms.